The van der Waals surface area contributed by atoms with E-state index in [1.807, 2.05) is 0 Å². The van der Waals surface area contributed by atoms with Gasteiger partial charge in [-0.25, -0.2) is 8.78 Å². The predicted molar refractivity (Wildman–Crippen MR) is 25.8 cm³/mol. The molecule has 0 heterocycles. The molecule has 50 valence electrons. The van der Waals surface area contributed by atoms with Crippen LogP contribution < -0.4 is 0 Å². The van der Waals surface area contributed by atoms with E-state index in [1.165, 1.54) is 6.92 Å². The molecule has 0 spiro atoms. The normalized spacial score (nSPS) is 14.6. The van der Waals surface area contributed by atoms with Crippen molar-refractivity contribution in [2.45, 2.75) is 19.8 Å². The van der Waals surface area contributed by atoms with Crippen LogP contribution in [0, 0.1) is 5.92 Å². The molecule has 8 heavy (non-hydrogen) atoms. The van der Waals surface area contributed by atoms with E-state index in [9.17, 15) is 13.2 Å². The molecule has 0 N–H and O–H groups in total. The Morgan fingerprint density at radius 3 is 2.00 bits per heavy atom. The molecule has 3 heteroatoms. The topological polar surface area (TPSA) is 0 Å². The zero-order valence-corrected chi connectivity index (χ0v) is 4.70. The maximum Gasteiger partial charge on any atom is 0.241 e. The molecular weight excluding hydrogens is 117 g/mol. The average Bonchev–Trinajstić information content (AvgIpc) is 1.67. The highest BCUT2D eigenvalue weighted by Gasteiger charge is 2.12. The van der Waals surface area contributed by atoms with Crippen LogP contribution in [-0.2, 0) is 0 Å². The second kappa shape index (κ2) is 3.75. The van der Waals surface area contributed by atoms with E-state index in [4.69, 9.17) is 0 Å². The molecule has 0 nitrogen and oxygen atoms in total. The average molecular weight is 126 g/mol. The Bertz CT molecular complexity index is 53.6. The van der Waals surface area contributed by atoms with Crippen LogP contribution in [0.25, 0.3) is 0 Å². The van der Waals surface area contributed by atoms with Crippen LogP contribution in [0.1, 0.15) is 13.3 Å². The Kier molecular flexibility index (Phi) is 3.65. The van der Waals surface area contributed by atoms with Gasteiger partial charge in [-0.3, -0.25) is 4.39 Å². The summed E-state index contributed by atoms with van der Waals surface area (Å²) in [7, 11) is 0. The largest absolute Gasteiger partial charge is 0.251 e. The fraction of sp³-hybridized carbons (Fsp3) is 1.00. The minimum atomic E-state index is -2.37. The van der Waals surface area contributed by atoms with Gasteiger partial charge < -0.3 is 0 Å². The van der Waals surface area contributed by atoms with Crippen LogP contribution in [0.2, 0.25) is 0 Å². The standard InChI is InChI=1S/C5H9F3/c1-4(2-3-6)5(7)8/h4-5H,2-3H2,1H3. The SMILES string of the molecule is CC(CCF)C(F)F. The molecule has 0 aromatic carbocycles. The van der Waals surface area contributed by atoms with Gasteiger partial charge in [-0.2, -0.15) is 0 Å². The van der Waals surface area contributed by atoms with Gasteiger partial charge in [-0.05, 0) is 6.42 Å². The minimum Gasteiger partial charge on any atom is -0.251 e. The van der Waals surface area contributed by atoms with Gasteiger partial charge in [0.25, 0.3) is 0 Å². The van der Waals surface area contributed by atoms with Gasteiger partial charge in [0, 0.05) is 5.92 Å². The lowest BCUT2D eigenvalue weighted by Gasteiger charge is -2.04. The Hall–Kier alpha value is -0.210. The van der Waals surface area contributed by atoms with E-state index in [0.29, 0.717) is 0 Å². The van der Waals surface area contributed by atoms with Crippen molar-refractivity contribution in [1.82, 2.24) is 0 Å². The summed E-state index contributed by atoms with van der Waals surface area (Å²) in [5.41, 5.74) is 0. The van der Waals surface area contributed by atoms with Crippen LogP contribution in [0.5, 0.6) is 0 Å². The summed E-state index contributed by atoms with van der Waals surface area (Å²) in [6.07, 6.45) is -2.40. The first-order valence-corrected chi connectivity index (χ1v) is 2.52. The summed E-state index contributed by atoms with van der Waals surface area (Å²) < 4.78 is 34.2. The van der Waals surface area contributed by atoms with Gasteiger partial charge in [-0.1, -0.05) is 6.92 Å². The summed E-state index contributed by atoms with van der Waals surface area (Å²) >= 11 is 0. The summed E-state index contributed by atoms with van der Waals surface area (Å²) in [6, 6.07) is 0. The van der Waals surface area contributed by atoms with E-state index in [0.717, 1.165) is 0 Å². The van der Waals surface area contributed by atoms with Crippen molar-refractivity contribution in [1.29, 1.82) is 0 Å². The van der Waals surface area contributed by atoms with E-state index in [-0.39, 0.29) is 6.42 Å². The Balaban J connectivity index is 3.17. The summed E-state index contributed by atoms with van der Waals surface area (Å²) in [5.74, 6) is -0.792. The van der Waals surface area contributed by atoms with Crippen LogP contribution in [0.15, 0.2) is 0 Å². The lowest BCUT2D eigenvalue weighted by atomic mass is 10.1. The molecule has 1 atom stereocenters. The Labute approximate surface area is 46.7 Å². The van der Waals surface area contributed by atoms with Crippen molar-refractivity contribution in [3.8, 4) is 0 Å². The quantitative estimate of drug-likeness (QED) is 0.544. The van der Waals surface area contributed by atoms with E-state index in [1.54, 1.807) is 0 Å². The zero-order chi connectivity index (χ0) is 6.57. The molecule has 0 aromatic heterocycles. The maximum absolute atomic E-state index is 11.4. The maximum atomic E-state index is 11.4. The smallest absolute Gasteiger partial charge is 0.241 e. The van der Waals surface area contributed by atoms with Gasteiger partial charge in [0.15, 0.2) is 0 Å². The zero-order valence-electron chi connectivity index (χ0n) is 4.70. The lowest BCUT2D eigenvalue weighted by Crippen LogP contribution is -2.06. The number of halogens is 3. The van der Waals surface area contributed by atoms with E-state index in [2.05, 4.69) is 0 Å². The van der Waals surface area contributed by atoms with Crippen LogP contribution in [0.4, 0.5) is 13.2 Å². The highest BCUT2D eigenvalue weighted by Crippen LogP contribution is 2.12. The van der Waals surface area contributed by atoms with Crippen LogP contribution >= 0.6 is 0 Å². The molecular formula is C5H9F3. The van der Waals surface area contributed by atoms with Crippen molar-refractivity contribution in [3.63, 3.8) is 0 Å². The number of hydrogen-bond acceptors (Lipinski definition) is 0. The van der Waals surface area contributed by atoms with Crippen molar-refractivity contribution in [2.75, 3.05) is 6.67 Å². The number of alkyl halides is 3. The monoisotopic (exact) mass is 126 g/mol. The number of rotatable bonds is 3. The summed E-state index contributed by atoms with van der Waals surface area (Å²) in [4.78, 5) is 0. The highest BCUT2D eigenvalue weighted by molar-refractivity contribution is 4.52. The molecule has 0 fully saturated rings. The third-order valence-corrected chi connectivity index (χ3v) is 0.995. The lowest BCUT2D eigenvalue weighted by molar-refractivity contribution is 0.0780. The minimum absolute atomic E-state index is 0.0301. The first kappa shape index (κ1) is 7.79. The van der Waals surface area contributed by atoms with Crippen molar-refractivity contribution in [2.24, 2.45) is 5.92 Å². The molecule has 0 radical (unpaired) electrons. The van der Waals surface area contributed by atoms with Gasteiger partial charge in [0.05, 0.1) is 6.67 Å². The Morgan fingerprint density at radius 2 is 1.88 bits per heavy atom. The molecule has 0 aromatic rings. The molecule has 0 bridgehead atoms. The van der Waals surface area contributed by atoms with Gasteiger partial charge in [-0.15, -0.1) is 0 Å². The van der Waals surface area contributed by atoms with Gasteiger partial charge in [0.1, 0.15) is 0 Å². The van der Waals surface area contributed by atoms with Gasteiger partial charge >= 0.3 is 0 Å². The first-order valence-electron chi connectivity index (χ1n) is 2.52. The fourth-order valence-electron chi connectivity index (χ4n) is 0.298. The number of hydrogen-bond donors (Lipinski definition) is 0. The molecule has 0 aliphatic carbocycles. The summed E-state index contributed by atoms with van der Waals surface area (Å²) in [6.45, 7) is 0.690. The molecule has 0 aliphatic rings. The predicted octanol–water partition coefficient (Wildman–Crippen LogP) is 2.25. The van der Waals surface area contributed by atoms with E-state index < -0.39 is 19.0 Å². The molecule has 0 saturated heterocycles. The Morgan fingerprint density at radius 1 is 1.38 bits per heavy atom. The van der Waals surface area contributed by atoms with E-state index >= 15 is 0 Å². The second-order valence-corrected chi connectivity index (χ2v) is 1.79. The first-order chi connectivity index (χ1) is 3.68. The van der Waals surface area contributed by atoms with Crippen molar-refractivity contribution in [3.05, 3.63) is 0 Å². The molecule has 0 rings (SSSR count). The summed E-state index contributed by atoms with van der Waals surface area (Å²) in [5, 5.41) is 0. The van der Waals surface area contributed by atoms with Crippen molar-refractivity contribution >= 4 is 0 Å². The molecule has 0 aliphatic heterocycles. The van der Waals surface area contributed by atoms with Crippen molar-refractivity contribution < 1.29 is 13.2 Å². The third-order valence-electron chi connectivity index (χ3n) is 0.995. The third kappa shape index (κ3) is 2.88. The van der Waals surface area contributed by atoms with Crippen LogP contribution in [-0.4, -0.2) is 13.1 Å². The molecule has 0 saturated carbocycles. The second-order valence-electron chi connectivity index (χ2n) is 1.79. The fourth-order valence-corrected chi connectivity index (χ4v) is 0.298. The highest BCUT2D eigenvalue weighted by atomic mass is 19.3. The molecule has 1 unspecified atom stereocenters. The van der Waals surface area contributed by atoms with Crippen LogP contribution in [0.3, 0.4) is 0 Å². The van der Waals surface area contributed by atoms with Gasteiger partial charge in [0.2, 0.25) is 6.43 Å². The molecule has 0 amide bonds.